The zero-order chi connectivity index (χ0) is 23.7. The molecule has 0 aromatic heterocycles. The quantitative estimate of drug-likeness (QED) is 0.178. The molecule has 0 aliphatic rings. The summed E-state index contributed by atoms with van der Waals surface area (Å²) in [6.45, 7) is 7.42. The molecule has 0 amide bonds. The molecular weight excluding hydrogens is 408 g/mol. The summed E-state index contributed by atoms with van der Waals surface area (Å²) in [4.78, 5) is 12.4. The fourth-order valence-electron chi connectivity index (χ4n) is 3.91. The van der Waals surface area contributed by atoms with E-state index < -0.39 is 0 Å². The van der Waals surface area contributed by atoms with E-state index in [0.717, 1.165) is 24.8 Å². The van der Waals surface area contributed by atoms with Crippen molar-refractivity contribution in [2.24, 2.45) is 0 Å². The Morgan fingerprint density at radius 3 is 1.88 bits per heavy atom. The smallest absolute Gasteiger partial charge is 0.338 e. The van der Waals surface area contributed by atoms with Crippen LogP contribution in [-0.4, -0.2) is 25.3 Å². The molecule has 0 bridgehead atoms. The van der Waals surface area contributed by atoms with Crippen molar-refractivity contribution < 1.29 is 14.3 Å². The van der Waals surface area contributed by atoms with Crippen molar-refractivity contribution in [3.05, 3.63) is 59.7 Å². The molecule has 0 saturated heterocycles. The van der Waals surface area contributed by atoms with Gasteiger partial charge < -0.3 is 9.47 Å². The summed E-state index contributed by atoms with van der Waals surface area (Å²) in [6.07, 6.45) is 13.9. The van der Waals surface area contributed by atoms with Crippen LogP contribution in [0.4, 0.5) is 0 Å². The highest BCUT2D eigenvalue weighted by Gasteiger charge is 2.12. The molecule has 2 rings (SSSR count). The van der Waals surface area contributed by atoms with Crippen molar-refractivity contribution in [2.45, 2.75) is 97.5 Å². The van der Waals surface area contributed by atoms with Crippen LogP contribution in [0, 0.1) is 0 Å². The maximum Gasteiger partial charge on any atom is 0.338 e. The van der Waals surface area contributed by atoms with E-state index in [4.69, 9.17) is 9.47 Å². The summed E-state index contributed by atoms with van der Waals surface area (Å²) >= 11 is 0. The molecule has 0 aliphatic heterocycles. The van der Waals surface area contributed by atoms with Crippen LogP contribution in [-0.2, 0) is 15.9 Å². The monoisotopic (exact) mass is 452 g/mol. The molecule has 0 spiro atoms. The molecule has 0 fully saturated rings. The van der Waals surface area contributed by atoms with Crippen molar-refractivity contribution in [1.29, 1.82) is 0 Å². The number of benzene rings is 2. The van der Waals surface area contributed by atoms with E-state index >= 15 is 0 Å². The molecule has 0 radical (unpaired) electrons. The molecular formula is C30H44O3. The second-order valence-electron chi connectivity index (χ2n) is 9.14. The van der Waals surface area contributed by atoms with Crippen LogP contribution in [0.25, 0.3) is 11.1 Å². The Kier molecular flexibility index (Phi) is 13.5. The van der Waals surface area contributed by atoms with E-state index in [2.05, 4.69) is 38.1 Å². The van der Waals surface area contributed by atoms with Crippen molar-refractivity contribution in [2.75, 3.05) is 13.2 Å². The van der Waals surface area contributed by atoms with Crippen molar-refractivity contribution in [3.63, 3.8) is 0 Å². The number of carbonyl (C=O) groups excluding carboxylic acids is 1. The summed E-state index contributed by atoms with van der Waals surface area (Å²) in [7, 11) is 0. The van der Waals surface area contributed by atoms with E-state index in [1.165, 1.54) is 62.5 Å². The summed E-state index contributed by atoms with van der Waals surface area (Å²) < 4.78 is 11.0. The minimum atomic E-state index is -0.297. The summed E-state index contributed by atoms with van der Waals surface area (Å²) in [5.74, 6) is -0.297. The fraction of sp³-hybridized carbons (Fsp3) is 0.567. The molecule has 2 aromatic rings. The standard InChI is InChI=1S/C30H44O3/c1-4-6-8-9-10-11-12-13-14-26-15-17-27(18-16-26)28-19-21-29(22-20-28)30(31)33-25(3)24-32-23-7-5-2/h15-22,25H,4-14,23-24H2,1-3H3. The van der Waals surface area contributed by atoms with Gasteiger partial charge in [0, 0.05) is 6.61 Å². The number of hydrogen-bond acceptors (Lipinski definition) is 3. The molecule has 0 aliphatic carbocycles. The molecule has 3 nitrogen and oxygen atoms in total. The molecule has 0 saturated carbocycles. The van der Waals surface area contributed by atoms with Gasteiger partial charge >= 0.3 is 5.97 Å². The Hall–Kier alpha value is -2.13. The maximum absolute atomic E-state index is 12.4. The first kappa shape index (κ1) is 27.1. The van der Waals surface area contributed by atoms with E-state index in [1.54, 1.807) is 0 Å². The largest absolute Gasteiger partial charge is 0.457 e. The lowest BCUT2D eigenvalue weighted by atomic mass is 10.00. The van der Waals surface area contributed by atoms with Crippen LogP contribution >= 0.6 is 0 Å². The maximum atomic E-state index is 12.4. The number of carbonyl (C=O) groups is 1. The van der Waals surface area contributed by atoms with Gasteiger partial charge in [0.2, 0.25) is 0 Å². The lowest BCUT2D eigenvalue weighted by Crippen LogP contribution is -2.20. The zero-order valence-corrected chi connectivity index (χ0v) is 21.1. The van der Waals surface area contributed by atoms with Crippen molar-refractivity contribution in [3.8, 4) is 11.1 Å². The lowest BCUT2D eigenvalue weighted by molar-refractivity contribution is 0.00169. The van der Waals surface area contributed by atoms with Crippen LogP contribution < -0.4 is 0 Å². The highest BCUT2D eigenvalue weighted by Crippen LogP contribution is 2.22. The minimum Gasteiger partial charge on any atom is -0.457 e. The Labute approximate surface area is 201 Å². The van der Waals surface area contributed by atoms with Crippen molar-refractivity contribution >= 4 is 5.97 Å². The van der Waals surface area contributed by atoms with Crippen LogP contribution in [0.5, 0.6) is 0 Å². The first-order chi connectivity index (χ1) is 16.1. The first-order valence-corrected chi connectivity index (χ1v) is 13.1. The second kappa shape index (κ2) is 16.5. The topological polar surface area (TPSA) is 35.5 Å². The van der Waals surface area contributed by atoms with E-state index in [9.17, 15) is 4.79 Å². The van der Waals surface area contributed by atoms with Gasteiger partial charge in [-0.05, 0) is 55.0 Å². The van der Waals surface area contributed by atoms with Gasteiger partial charge in [-0.15, -0.1) is 0 Å². The van der Waals surface area contributed by atoms with E-state index in [0.29, 0.717) is 18.8 Å². The minimum absolute atomic E-state index is 0.248. The first-order valence-electron chi connectivity index (χ1n) is 13.1. The normalized spacial score (nSPS) is 12.0. The van der Waals surface area contributed by atoms with Crippen molar-refractivity contribution in [1.82, 2.24) is 0 Å². The molecule has 0 heterocycles. The Morgan fingerprint density at radius 1 is 0.727 bits per heavy atom. The van der Waals surface area contributed by atoms with E-state index in [1.807, 2.05) is 31.2 Å². The number of unbranched alkanes of at least 4 members (excludes halogenated alkanes) is 8. The molecule has 3 heteroatoms. The third kappa shape index (κ3) is 11.0. The van der Waals surface area contributed by atoms with E-state index in [-0.39, 0.29) is 12.1 Å². The van der Waals surface area contributed by atoms with Gasteiger partial charge in [0.15, 0.2) is 0 Å². The molecule has 1 atom stereocenters. The summed E-state index contributed by atoms with van der Waals surface area (Å²) in [5, 5.41) is 0. The highest BCUT2D eigenvalue weighted by atomic mass is 16.6. The SMILES string of the molecule is CCCCCCCCCCc1ccc(-c2ccc(C(=O)OC(C)COCCCC)cc2)cc1. The Bertz CT molecular complexity index is 764. The van der Waals surface area contributed by atoms with Gasteiger partial charge in [0.1, 0.15) is 6.10 Å². The van der Waals surface area contributed by atoms with Gasteiger partial charge in [0.25, 0.3) is 0 Å². The fourth-order valence-corrected chi connectivity index (χ4v) is 3.91. The number of esters is 1. The lowest BCUT2D eigenvalue weighted by Gasteiger charge is -2.14. The number of rotatable bonds is 17. The predicted molar refractivity (Wildman–Crippen MR) is 139 cm³/mol. The predicted octanol–water partition coefficient (Wildman–Crippen LogP) is 8.40. The number of aryl methyl sites for hydroxylation is 1. The molecule has 33 heavy (non-hydrogen) atoms. The third-order valence-corrected chi connectivity index (χ3v) is 6.03. The van der Waals surface area contributed by atoms with Crippen LogP contribution in [0.3, 0.4) is 0 Å². The van der Waals surface area contributed by atoms with Crippen LogP contribution in [0.15, 0.2) is 48.5 Å². The average Bonchev–Trinajstić information content (AvgIpc) is 2.84. The van der Waals surface area contributed by atoms with Gasteiger partial charge in [-0.2, -0.15) is 0 Å². The summed E-state index contributed by atoms with van der Waals surface area (Å²) in [5.41, 5.74) is 4.26. The number of hydrogen-bond donors (Lipinski definition) is 0. The molecule has 182 valence electrons. The average molecular weight is 453 g/mol. The molecule has 0 N–H and O–H groups in total. The van der Waals surface area contributed by atoms with Gasteiger partial charge in [-0.1, -0.05) is 102 Å². The highest BCUT2D eigenvalue weighted by molar-refractivity contribution is 5.90. The number of ether oxygens (including phenoxy) is 2. The summed E-state index contributed by atoms with van der Waals surface area (Å²) in [6, 6.07) is 16.5. The zero-order valence-electron chi connectivity index (χ0n) is 21.1. The molecule has 1 unspecified atom stereocenters. The van der Waals surface area contributed by atoms with Crippen LogP contribution in [0.1, 0.15) is 101 Å². The Balaban J connectivity index is 1.73. The van der Waals surface area contributed by atoms with Gasteiger partial charge in [-0.25, -0.2) is 4.79 Å². The van der Waals surface area contributed by atoms with Crippen LogP contribution in [0.2, 0.25) is 0 Å². The Morgan fingerprint density at radius 2 is 1.27 bits per heavy atom. The van der Waals surface area contributed by atoms with Gasteiger partial charge in [0.05, 0.1) is 12.2 Å². The van der Waals surface area contributed by atoms with Gasteiger partial charge in [-0.3, -0.25) is 0 Å². The third-order valence-electron chi connectivity index (χ3n) is 6.03. The second-order valence-corrected chi connectivity index (χ2v) is 9.14. The molecule has 2 aromatic carbocycles.